The molecule has 0 saturated heterocycles. The number of hydrogen-bond acceptors (Lipinski definition) is 3. The van der Waals surface area contributed by atoms with Crippen LogP contribution in [0.4, 0.5) is 22.0 Å². The van der Waals surface area contributed by atoms with Gasteiger partial charge in [0.05, 0.1) is 5.56 Å². The number of alkyl halides is 5. The number of pyridine rings is 1. The topological polar surface area (TPSA) is 30.0 Å². The van der Waals surface area contributed by atoms with E-state index < -0.39 is 34.7 Å². The van der Waals surface area contributed by atoms with Crippen molar-refractivity contribution >= 4 is 16.9 Å². The molecule has 0 aliphatic heterocycles. The first-order valence-corrected chi connectivity index (χ1v) is 7.70. The first kappa shape index (κ1) is 18.9. The lowest BCUT2D eigenvalue weighted by atomic mass is 9.92. The first-order chi connectivity index (χ1) is 10.0. The van der Waals surface area contributed by atoms with Crippen molar-refractivity contribution in [1.82, 2.24) is 4.98 Å². The number of halogens is 5. The van der Waals surface area contributed by atoms with Crippen LogP contribution in [0, 0.1) is 12.8 Å². The number of aromatic nitrogens is 1. The second-order valence-corrected chi connectivity index (χ2v) is 5.99. The molecule has 124 valence electrons. The molecule has 1 rings (SSSR count). The van der Waals surface area contributed by atoms with E-state index in [1.807, 2.05) is 0 Å². The number of carbonyl (C=O) groups is 1. The zero-order valence-corrected chi connectivity index (χ0v) is 13.3. The van der Waals surface area contributed by atoms with E-state index in [-0.39, 0.29) is 23.5 Å². The number of hydrogen-bond donors (Lipinski definition) is 0. The van der Waals surface area contributed by atoms with E-state index in [1.54, 1.807) is 13.8 Å². The monoisotopic (exact) mass is 341 g/mol. The Morgan fingerprint density at radius 1 is 1.27 bits per heavy atom. The van der Waals surface area contributed by atoms with Gasteiger partial charge < -0.3 is 0 Å². The van der Waals surface area contributed by atoms with E-state index in [9.17, 15) is 26.7 Å². The van der Waals surface area contributed by atoms with Crippen LogP contribution in [0.3, 0.4) is 0 Å². The molecular formula is C14H16F5NOS. The molecule has 0 spiro atoms. The minimum Gasteiger partial charge on any atom is -0.281 e. The molecule has 0 fully saturated rings. The van der Waals surface area contributed by atoms with E-state index in [1.165, 1.54) is 13.2 Å². The van der Waals surface area contributed by atoms with E-state index in [2.05, 4.69) is 4.98 Å². The maximum Gasteiger partial charge on any atom is 0.434 e. The zero-order valence-electron chi connectivity index (χ0n) is 12.5. The van der Waals surface area contributed by atoms with Gasteiger partial charge in [-0.05, 0) is 36.6 Å². The fourth-order valence-electron chi connectivity index (χ4n) is 2.15. The van der Waals surface area contributed by atoms with Crippen molar-refractivity contribution < 1.29 is 26.7 Å². The lowest BCUT2D eigenvalue weighted by molar-refractivity contribution is -0.141. The minimum atomic E-state index is -4.97. The molecule has 2 nitrogen and oxygen atoms in total. The van der Waals surface area contributed by atoms with Crippen molar-refractivity contribution in [2.24, 2.45) is 5.92 Å². The van der Waals surface area contributed by atoms with Crippen LogP contribution in [-0.2, 0) is 12.6 Å². The minimum absolute atomic E-state index is 0.00646. The summed E-state index contributed by atoms with van der Waals surface area (Å²) in [5.74, 6) is -0.0962. The summed E-state index contributed by atoms with van der Waals surface area (Å²) in [7, 11) is 0. The van der Waals surface area contributed by atoms with Crippen LogP contribution in [0.5, 0.6) is 0 Å². The normalized spacial score (nSPS) is 12.3. The second kappa shape index (κ2) is 6.93. The zero-order chi connectivity index (χ0) is 17.2. The number of nitrogens with zero attached hydrogens (tertiary/aromatic N) is 1. The average Bonchev–Trinajstić information content (AvgIpc) is 2.37. The molecule has 0 aromatic carbocycles. The van der Waals surface area contributed by atoms with Gasteiger partial charge in [0, 0.05) is 0 Å². The Bertz CT molecular complexity index is 569. The Kier molecular flexibility index (Phi) is 5.95. The van der Waals surface area contributed by atoms with Gasteiger partial charge in [0.2, 0.25) is 5.12 Å². The second-order valence-electron chi connectivity index (χ2n) is 5.21. The molecule has 0 N–H and O–H groups in total. The van der Waals surface area contributed by atoms with Gasteiger partial charge in [-0.3, -0.25) is 4.79 Å². The molecule has 0 saturated carbocycles. The first-order valence-electron chi connectivity index (χ1n) is 6.47. The Hall–Kier alpha value is -1.18. The predicted molar refractivity (Wildman–Crippen MR) is 75.3 cm³/mol. The van der Waals surface area contributed by atoms with E-state index >= 15 is 0 Å². The van der Waals surface area contributed by atoms with E-state index in [0.29, 0.717) is 11.8 Å². The van der Waals surface area contributed by atoms with Crippen LogP contribution in [0.2, 0.25) is 0 Å². The van der Waals surface area contributed by atoms with E-state index in [4.69, 9.17) is 0 Å². The Balaban J connectivity index is 3.81. The van der Waals surface area contributed by atoms with Gasteiger partial charge in [-0.25, -0.2) is 13.8 Å². The summed E-state index contributed by atoms with van der Waals surface area (Å²) in [6.07, 6.45) is -6.66. The third-order valence-electron chi connectivity index (χ3n) is 3.08. The largest absolute Gasteiger partial charge is 0.434 e. The van der Waals surface area contributed by atoms with Crippen molar-refractivity contribution in [3.05, 3.63) is 28.1 Å². The molecule has 22 heavy (non-hydrogen) atoms. The van der Waals surface area contributed by atoms with Gasteiger partial charge in [0.25, 0.3) is 6.43 Å². The van der Waals surface area contributed by atoms with E-state index in [0.717, 1.165) is 0 Å². The molecule has 0 bridgehead atoms. The fourth-order valence-corrected chi connectivity index (χ4v) is 2.57. The van der Waals surface area contributed by atoms with Crippen LogP contribution in [0.15, 0.2) is 0 Å². The molecule has 0 amide bonds. The summed E-state index contributed by atoms with van der Waals surface area (Å²) in [5, 5.41) is -0.820. The third-order valence-corrected chi connectivity index (χ3v) is 3.66. The van der Waals surface area contributed by atoms with Crippen LogP contribution in [0.1, 0.15) is 53.1 Å². The van der Waals surface area contributed by atoms with Crippen molar-refractivity contribution in [3.8, 4) is 0 Å². The van der Waals surface area contributed by atoms with Crippen molar-refractivity contribution in [3.63, 3.8) is 0 Å². The molecule has 0 radical (unpaired) electrons. The average molecular weight is 341 g/mol. The summed E-state index contributed by atoms with van der Waals surface area (Å²) in [6.45, 7) is 4.76. The van der Waals surface area contributed by atoms with Gasteiger partial charge in [-0.2, -0.15) is 13.2 Å². The highest BCUT2D eigenvalue weighted by Crippen LogP contribution is 2.38. The predicted octanol–water partition coefficient (Wildman–Crippen LogP) is 5.05. The molecule has 0 atom stereocenters. The van der Waals surface area contributed by atoms with Crippen LogP contribution < -0.4 is 0 Å². The van der Waals surface area contributed by atoms with Crippen molar-refractivity contribution in [2.75, 3.05) is 6.26 Å². The quantitative estimate of drug-likeness (QED) is 0.718. The van der Waals surface area contributed by atoms with Crippen LogP contribution in [-0.4, -0.2) is 16.4 Å². The lowest BCUT2D eigenvalue weighted by Gasteiger charge is -2.20. The highest BCUT2D eigenvalue weighted by molar-refractivity contribution is 8.13. The van der Waals surface area contributed by atoms with Crippen LogP contribution >= 0.6 is 11.8 Å². The maximum absolute atomic E-state index is 13.2. The molecular weight excluding hydrogens is 325 g/mol. The number of thioether (sulfide) groups is 1. The van der Waals surface area contributed by atoms with Crippen molar-refractivity contribution in [2.45, 2.75) is 39.8 Å². The lowest BCUT2D eigenvalue weighted by Crippen LogP contribution is -2.21. The van der Waals surface area contributed by atoms with Gasteiger partial charge in [-0.1, -0.05) is 25.6 Å². The molecule has 8 heteroatoms. The Morgan fingerprint density at radius 2 is 1.82 bits per heavy atom. The van der Waals surface area contributed by atoms with Gasteiger partial charge in [0.1, 0.15) is 5.69 Å². The summed E-state index contributed by atoms with van der Waals surface area (Å²) in [6, 6.07) is 0. The summed E-state index contributed by atoms with van der Waals surface area (Å²) < 4.78 is 65.5. The molecule has 0 aliphatic carbocycles. The molecule has 1 aromatic heterocycles. The summed E-state index contributed by atoms with van der Waals surface area (Å²) >= 11 is 0.606. The van der Waals surface area contributed by atoms with Crippen LogP contribution in [0.25, 0.3) is 0 Å². The van der Waals surface area contributed by atoms with Gasteiger partial charge in [-0.15, -0.1) is 0 Å². The summed E-state index contributed by atoms with van der Waals surface area (Å²) in [5.41, 5.74) is -3.08. The number of carbonyl (C=O) groups excluding carboxylic acids is 1. The Labute approximate surface area is 129 Å². The highest BCUT2D eigenvalue weighted by atomic mass is 32.2. The fraction of sp³-hybridized carbons (Fsp3) is 0.571. The summed E-state index contributed by atoms with van der Waals surface area (Å²) in [4.78, 5) is 15.0. The molecule has 0 unspecified atom stereocenters. The molecule has 0 aliphatic rings. The smallest absolute Gasteiger partial charge is 0.281 e. The molecule has 1 aromatic rings. The highest BCUT2D eigenvalue weighted by Gasteiger charge is 2.40. The van der Waals surface area contributed by atoms with Gasteiger partial charge >= 0.3 is 6.18 Å². The number of rotatable bonds is 4. The molecule has 1 heterocycles. The maximum atomic E-state index is 13.2. The third kappa shape index (κ3) is 3.97. The van der Waals surface area contributed by atoms with Crippen molar-refractivity contribution in [1.29, 1.82) is 0 Å². The Morgan fingerprint density at radius 3 is 2.18 bits per heavy atom. The SMILES string of the molecule is CSC(=O)c1c(C(F)(F)F)nc(C(F)F)c(C)c1CC(C)C. The van der Waals surface area contributed by atoms with Gasteiger partial charge in [0.15, 0.2) is 5.69 Å². The standard InChI is InChI=1S/C14H16F5NOS/c1-6(2)5-8-7(3)10(12(15)16)20-11(14(17,18)19)9(8)13(21)22-4/h6,12H,5H2,1-4H3.